The lowest BCUT2D eigenvalue weighted by Crippen LogP contribution is -2.49. The molecule has 0 bridgehead atoms. The summed E-state index contributed by atoms with van der Waals surface area (Å²) in [5, 5.41) is 9.41. The summed E-state index contributed by atoms with van der Waals surface area (Å²) in [6.45, 7) is 12.0. The SMILES string of the molecule is CC[N+](CC)(CC)c1ccc(O)cc1C.O=S(=O)(O)O. The number of rotatable bonds is 4. The first kappa shape index (κ1) is 18.9. The zero-order chi connectivity index (χ0) is 16.0. The Morgan fingerprint density at radius 1 is 1.05 bits per heavy atom. The van der Waals surface area contributed by atoms with E-state index in [1.165, 1.54) is 11.3 Å². The molecule has 0 saturated carbocycles. The molecule has 0 heterocycles. The van der Waals surface area contributed by atoms with Crippen molar-refractivity contribution in [3.8, 4) is 5.75 Å². The number of hydrogen-bond acceptors (Lipinski definition) is 3. The molecule has 1 rings (SSSR count). The first-order valence-electron chi connectivity index (χ1n) is 6.45. The zero-order valence-electron chi connectivity index (χ0n) is 12.4. The molecule has 0 aliphatic carbocycles. The van der Waals surface area contributed by atoms with Gasteiger partial charge in [0.15, 0.2) is 0 Å². The molecule has 0 aromatic heterocycles. The average Bonchev–Trinajstić information content (AvgIpc) is 2.32. The van der Waals surface area contributed by atoms with Crippen LogP contribution in [0, 0.1) is 6.92 Å². The quantitative estimate of drug-likeness (QED) is 0.586. The maximum Gasteiger partial charge on any atom is 0.394 e. The summed E-state index contributed by atoms with van der Waals surface area (Å²) in [5.74, 6) is 0.359. The van der Waals surface area contributed by atoms with E-state index in [2.05, 4.69) is 33.8 Å². The van der Waals surface area contributed by atoms with E-state index in [0.717, 1.165) is 24.1 Å². The molecular weight excluding hydrogens is 282 g/mol. The number of phenols is 1. The van der Waals surface area contributed by atoms with Crippen LogP contribution in [0.1, 0.15) is 26.3 Å². The molecule has 0 radical (unpaired) electrons. The van der Waals surface area contributed by atoms with E-state index >= 15 is 0 Å². The van der Waals surface area contributed by atoms with Gasteiger partial charge < -0.3 is 5.11 Å². The molecule has 0 unspecified atom stereocenters. The highest BCUT2D eigenvalue weighted by Crippen LogP contribution is 2.29. The molecule has 0 aliphatic heterocycles. The van der Waals surface area contributed by atoms with Gasteiger partial charge in [0.2, 0.25) is 0 Å². The Labute approximate surface area is 120 Å². The Morgan fingerprint density at radius 2 is 1.45 bits per heavy atom. The van der Waals surface area contributed by atoms with Crippen molar-refractivity contribution in [2.45, 2.75) is 27.7 Å². The third kappa shape index (κ3) is 5.87. The predicted octanol–water partition coefficient (Wildman–Crippen LogP) is 2.41. The van der Waals surface area contributed by atoms with Gasteiger partial charge in [-0.25, -0.2) is 0 Å². The van der Waals surface area contributed by atoms with Crippen molar-refractivity contribution in [3.63, 3.8) is 0 Å². The first-order valence-corrected chi connectivity index (χ1v) is 7.85. The van der Waals surface area contributed by atoms with Crippen molar-refractivity contribution in [1.82, 2.24) is 4.48 Å². The van der Waals surface area contributed by atoms with Crippen LogP contribution in [-0.4, -0.2) is 42.3 Å². The zero-order valence-corrected chi connectivity index (χ0v) is 13.2. The molecule has 6 nitrogen and oxygen atoms in total. The topological polar surface area (TPSA) is 94.8 Å². The minimum atomic E-state index is -4.67. The lowest BCUT2D eigenvalue weighted by molar-refractivity contribution is 0.314. The smallest absolute Gasteiger partial charge is 0.394 e. The maximum absolute atomic E-state index is 9.41. The summed E-state index contributed by atoms with van der Waals surface area (Å²) < 4.78 is 32.6. The Morgan fingerprint density at radius 3 is 1.75 bits per heavy atom. The van der Waals surface area contributed by atoms with Gasteiger partial charge in [-0.05, 0) is 39.8 Å². The van der Waals surface area contributed by atoms with Crippen LogP contribution in [0.2, 0.25) is 0 Å². The second-order valence-corrected chi connectivity index (χ2v) is 5.41. The van der Waals surface area contributed by atoms with Gasteiger partial charge in [-0.1, -0.05) is 0 Å². The molecule has 0 aliphatic rings. The predicted molar refractivity (Wildman–Crippen MR) is 80.4 cm³/mol. The molecule has 0 spiro atoms. The second kappa shape index (κ2) is 7.58. The number of benzene rings is 1. The van der Waals surface area contributed by atoms with Crippen molar-refractivity contribution < 1.29 is 22.6 Å². The van der Waals surface area contributed by atoms with E-state index in [4.69, 9.17) is 17.5 Å². The molecule has 0 saturated heterocycles. The van der Waals surface area contributed by atoms with Crippen LogP contribution in [-0.2, 0) is 10.4 Å². The average molecular weight is 306 g/mol. The number of quaternary nitrogens is 1. The maximum atomic E-state index is 9.41. The standard InChI is InChI=1S/C13H21NO.H2O4S/c1-5-14(6-2,7-3)13-9-8-12(15)10-11(13)4;1-5(2,3)4/h8-10H,5-7H2,1-4H3;(H2,1,2,3,4)/p+1. The molecule has 20 heavy (non-hydrogen) atoms. The molecule has 116 valence electrons. The molecule has 1 aromatic rings. The van der Waals surface area contributed by atoms with E-state index in [0.29, 0.717) is 5.75 Å². The van der Waals surface area contributed by atoms with Crippen LogP contribution in [0.25, 0.3) is 0 Å². The van der Waals surface area contributed by atoms with E-state index < -0.39 is 10.4 Å². The van der Waals surface area contributed by atoms with Crippen molar-refractivity contribution in [2.75, 3.05) is 19.6 Å². The number of aryl methyl sites for hydroxylation is 1. The monoisotopic (exact) mass is 306 g/mol. The summed E-state index contributed by atoms with van der Waals surface area (Å²) in [6, 6.07) is 5.70. The van der Waals surface area contributed by atoms with E-state index in [1.807, 2.05) is 6.07 Å². The van der Waals surface area contributed by atoms with Crippen LogP contribution in [0.3, 0.4) is 0 Å². The fourth-order valence-corrected chi connectivity index (χ4v) is 2.35. The Hall–Kier alpha value is -1.15. The van der Waals surface area contributed by atoms with Crippen LogP contribution in [0.4, 0.5) is 5.69 Å². The van der Waals surface area contributed by atoms with Crippen LogP contribution < -0.4 is 4.48 Å². The highest BCUT2D eigenvalue weighted by atomic mass is 32.3. The van der Waals surface area contributed by atoms with Crippen molar-refractivity contribution in [3.05, 3.63) is 23.8 Å². The molecule has 7 heteroatoms. The molecule has 1 aromatic carbocycles. The minimum Gasteiger partial charge on any atom is -0.508 e. The van der Waals surface area contributed by atoms with Crippen molar-refractivity contribution in [2.24, 2.45) is 0 Å². The summed E-state index contributed by atoms with van der Waals surface area (Å²) in [6.07, 6.45) is 0. The molecular formula is C13H24NO5S+. The number of aromatic hydroxyl groups is 1. The fourth-order valence-electron chi connectivity index (χ4n) is 2.35. The highest BCUT2D eigenvalue weighted by Gasteiger charge is 2.26. The van der Waals surface area contributed by atoms with Gasteiger partial charge in [-0.15, -0.1) is 0 Å². The lowest BCUT2D eigenvalue weighted by Gasteiger charge is -2.36. The van der Waals surface area contributed by atoms with Crippen LogP contribution in [0.5, 0.6) is 5.75 Å². The largest absolute Gasteiger partial charge is 0.508 e. The fraction of sp³-hybridized carbons (Fsp3) is 0.538. The summed E-state index contributed by atoms with van der Waals surface area (Å²) >= 11 is 0. The van der Waals surface area contributed by atoms with Gasteiger partial charge in [-0.2, -0.15) is 8.42 Å². The molecule has 3 N–H and O–H groups in total. The lowest BCUT2D eigenvalue weighted by atomic mass is 10.1. The summed E-state index contributed by atoms with van der Waals surface area (Å²) in [5.41, 5.74) is 2.51. The third-order valence-corrected chi connectivity index (χ3v) is 3.51. The molecule has 0 fully saturated rings. The Balaban J connectivity index is 0.000000621. The minimum absolute atomic E-state index is 0.359. The van der Waals surface area contributed by atoms with Gasteiger partial charge in [-0.3, -0.25) is 13.6 Å². The highest BCUT2D eigenvalue weighted by molar-refractivity contribution is 7.79. The number of hydrogen-bond donors (Lipinski definition) is 3. The summed E-state index contributed by atoms with van der Waals surface area (Å²) in [4.78, 5) is 0. The van der Waals surface area contributed by atoms with E-state index in [-0.39, 0.29) is 0 Å². The van der Waals surface area contributed by atoms with Gasteiger partial charge in [0.1, 0.15) is 11.4 Å². The molecule has 0 atom stereocenters. The van der Waals surface area contributed by atoms with Crippen molar-refractivity contribution >= 4 is 16.1 Å². The number of phenolic OH excluding ortho intramolecular Hbond substituents is 1. The van der Waals surface area contributed by atoms with Gasteiger partial charge >= 0.3 is 10.4 Å². The number of nitrogens with zero attached hydrogens (tertiary/aromatic N) is 1. The third-order valence-electron chi connectivity index (χ3n) is 3.51. The second-order valence-electron chi connectivity index (χ2n) is 4.51. The van der Waals surface area contributed by atoms with Crippen LogP contribution >= 0.6 is 0 Å². The Bertz CT molecular complexity index is 507. The van der Waals surface area contributed by atoms with E-state index in [9.17, 15) is 5.11 Å². The van der Waals surface area contributed by atoms with E-state index in [1.54, 1.807) is 6.07 Å². The Kier molecular flexibility index (Phi) is 7.15. The van der Waals surface area contributed by atoms with Crippen LogP contribution in [0.15, 0.2) is 18.2 Å². The van der Waals surface area contributed by atoms with Crippen molar-refractivity contribution in [1.29, 1.82) is 0 Å². The molecule has 0 amide bonds. The van der Waals surface area contributed by atoms with Gasteiger partial charge in [0.05, 0.1) is 19.6 Å². The normalized spacial score (nSPS) is 11.7. The first-order chi connectivity index (χ1) is 9.09. The van der Waals surface area contributed by atoms with Gasteiger partial charge in [0.25, 0.3) is 0 Å². The summed E-state index contributed by atoms with van der Waals surface area (Å²) in [7, 11) is -4.67. The van der Waals surface area contributed by atoms with Gasteiger partial charge in [0, 0.05) is 11.6 Å².